The molecule has 0 amide bonds. The van der Waals surface area contributed by atoms with E-state index >= 15 is 0 Å². The monoisotopic (exact) mass is 447 g/mol. The quantitative estimate of drug-likeness (QED) is 0.490. The number of carbonyl (C=O) groups excluding carboxylic acids is 1. The number of esters is 1. The molecule has 0 radical (unpaired) electrons. The van der Waals surface area contributed by atoms with Gasteiger partial charge in [-0.3, -0.25) is 9.10 Å². The van der Waals surface area contributed by atoms with Crippen LogP contribution >= 0.6 is 11.6 Å². The lowest BCUT2D eigenvalue weighted by Crippen LogP contribution is -2.27. The first-order chi connectivity index (χ1) is 13.4. The average Bonchev–Trinajstić information content (AvgIpc) is 3.38. The molecule has 3 rings (SSSR count). The van der Waals surface area contributed by atoms with Crippen LogP contribution in [0, 0.1) is 11.8 Å². The molecule has 156 valence electrons. The second-order valence-electron chi connectivity index (χ2n) is 6.85. The van der Waals surface area contributed by atoms with Crippen LogP contribution in [0.4, 0.5) is 18.9 Å². The summed E-state index contributed by atoms with van der Waals surface area (Å²) in [5, 5.41) is -0.588. The molecule has 2 unspecified atom stereocenters. The number of nitrogens with zero attached hydrogens (tertiary/aromatic N) is 1. The van der Waals surface area contributed by atoms with Crippen LogP contribution < -0.4 is 9.04 Å². The van der Waals surface area contributed by atoms with Crippen LogP contribution in [-0.4, -0.2) is 21.4 Å². The molecular weight excluding hydrogens is 431 g/mol. The fourth-order valence-corrected chi connectivity index (χ4v) is 4.19. The Morgan fingerprint density at radius 2 is 1.76 bits per heavy atom. The summed E-state index contributed by atoms with van der Waals surface area (Å²) in [4.78, 5) is 11.3. The molecule has 2 atom stereocenters. The Labute approximate surface area is 171 Å². The Morgan fingerprint density at radius 3 is 2.28 bits per heavy atom. The highest BCUT2D eigenvalue weighted by molar-refractivity contribution is 7.92. The van der Waals surface area contributed by atoms with Gasteiger partial charge in [-0.25, -0.2) is 8.42 Å². The van der Waals surface area contributed by atoms with E-state index in [1.165, 1.54) is 31.3 Å². The van der Waals surface area contributed by atoms with E-state index in [2.05, 4.69) is 0 Å². The molecular formula is C19H17ClF3NO4S. The molecule has 5 nitrogen and oxygen atoms in total. The first kappa shape index (κ1) is 21.4. The first-order valence-corrected chi connectivity index (χ1v) is 10.4. The number of rotatable bonds is 5. The van der Waals surface area contributed by atoms with Gasteiger partial charge in [-0.15, -0.1) is 0 Å². The SMILES string of the molecule is CC1CC1C(=O)Oc1ccc(N(C)S(=O)(=O)c2ccc(Cl)c(C(F)(F)F)c2)cc1. The zero-order chi connectivity index (χ0) is 21.6. The Balaban J connectivity index is 1.82. The van der Waals surface area contributed by atoms with Crippen LogP contribution in [0.25, 0.3) is 0 Å². The predicted molar refractivity (Wildman–Crippen MR) is 101 cm³/mol. The Kier molecular flexibility index (Phi) is 5.57. The number of hydrogen-bond acceptors (Lipinski definition) is 4. The smallest absolute Gasteiger partial charge is 0.417 e. The van der Waals surface area contributed by atoms with Gasteiger partial charge >= 0.3 is 12.1 Å². The van der Waals surface area contributed by atoms with Gasteiger partial charge in [0.2, 0.25) is 0 Å². The van der Waals surface area contributed by atoms with Gasteiger partial charge in [-0.2, -0.15) is 13.2 Å². The van der Waals surface area contributed by atoms with Gasteiger partial charge in [-0.1, -0.05) is 18.5 Å². The molecule has 29 heavy (non-hydrogen) atoms. The molecule has 0 saturated heterocycles. The third-order valence-electron chi connectivity index (χ3n) is 4.73. The van der Waals surface area contributed by atoms with Crippen LogP contribution in [0.1, 0.15) is 18.9 Å². The van der Waals surface area contributed by atoms with Crippen LogP contribution in [0.2, 0.25) is 5.02 Å². The number of carbonyl (C=O) groups is 1. The average molecular weight is 448 g/mol. The molecule has 1 saturated carbocycles. The normalized spacial score (nSPS) is 19.0. The van der Waals surface area contributed by atoms with E-state index in [1.54, 1.807) is 0 Å². The summed E-state index contributed by atoms with van der Waals surface area (Å²) in [7, 11) is -3.06. The lowest BCUT2D eigenvalue weighted by atomic mass is 10.2. The maximum Gasteiger partial charge on any atom is 0.417 e. The van der Waals surface area contributed by atoms with Crippen LogP contribution in [0.5, 0.6) is 5.75 Å². The van der Waals surface area contributed by atoms with Crippen molar-refractivity contribution in [3.8, 4) is 5.75 Å². The molecule has 0 heterocycles. The maximum absolute atomic E-state index is 13.0. The molecule has 1 aliphatic carbocycles. The van der Waals surface area contributed by atoms with Gasteiger partial charge in [0.25, 0.3) is 10.0 Å². The van der Waals surface area contributed by atoms with E-state index in [0.29, 0.717) is 12.0 Å². The topological polar surface area (TPSA) is 63.7 Å². The number of hydrogen-bond donors (Lipinski definition) is 0. The first-order valence-electron chi connectivity index (χ1n) is 8.58. The second kappa shape index (κ2) is 7.53. The van der Waals surface area contributed by atoms with E-state index in [4.69, 9.17) is 16.3 Å². The van der Waals surface area contributed by atoms with Gasteiger partial charge in [-0.05, 0) is 54.8 Å². The number of ether oxygens (including phenoxy) is 1. The lowest BCUT2D eigenvalue weighted by Gasteiger charge is -2.20. The van der Waals surface area contributed by atoms with Crippen LogP contribution in [0.3, 0.4) is 0 Å². The zero-order valence-electron chi connectivity index (χ0n) is 15.4. The van der Waals surface area contributed by atoms with Crippen molar-refractivity contribution in [2.75, 3.05) is 11.4 Å². The summed E-state index contributed by atoms with van der Waals surface area (Å²) < 4.78 is 70.7. The minimum absolute atomic E-state index is 0.120. The minimum Gasteiger partial charge on any atom is -0.426 e. The van der Waals surface area contributed by atoms with E-state index in [0.717, 1.165) is 22.9 Å². The number of alkyl halides is 3. The van der Waals surface area contributed by atoms with E-state index in [9.17, 15) is 26.4 Å². The summed E-state index contributed by atoms with van der Waals surface area (Å²) >= 11 is 5.55. The second-order valence-corrected chi connectivity index (χ2v) is 9.22. The number of sulfonamides is 1. The third kappa shape index (κ3) is 4.51. The van der Waals surface area contributed by atoms with Crippen molar-refractivity contribution in [3.05, 3.63) is 53.1 Å². The highest BCUT2D eigenvalue weighted by atomic mass is 35.5. The van der Waals surface area contributed by atoms with Crippen molar-refractivity contribution in [1.29, 1.82) is 0 Å². The summed E-state index contributed by atoms with van der Waals surface area (Å²) in [5.74, 6) is 0.0889. The molecule has 2 aromatic rings. The van der Waals surface area contributed by atoms with Gasteiger partial charge in [0.05, 0.1) is 27.1 Å². The van der Waals surface area contributed by atoms with Gasteiger partial charge < -0.3 is 4.74 Å². The summed E-state index contributed by atoms with van der Waals surface area (Å²) in [6, 6.07) is 8.06. The zero-order valence-corrected chi connectivity index (χ0v) is 17.0. The Bertz CT molecular complexity index is 1040. The standard InChI is InChI=1S/C19H17ClF3NO4S/c1-11-9-15(11)18(25)28-13-5-3-12(4-6-13)24(2)29(26,27)14-7-8-17(20)16(10-14)19(21,22)23/h3-8,10-11,15H,9H2,1-2H3. The van der Waals surface area contributed by atoms with Gasteiger partial charge in [0.1, 0.15) is 5.75 Å². The molecule has 10 heteroatoms. The maximum atomic E-state index is 13.0. The predicted octanol–water partition coefficient (Wildman–Crippen LogP) is 4.75. The van der Waals surface area contributed by atoms with E-state index in [-0.39, 0.29) is 23.3 Å². The highest BCUT2D eigenvalue weighted by Gasteiger charge is 2.40. The molecule has 2 aromatic carbocycles. The molecule has 1 fully saturated rings. The van der Waals surface area contributed by atoms with Gasteiger partial charge in [0, 0.05) is 7.05 Å². The van der Waals surface area contributed by atoms with E-state index in [1.807, 2.05) is 6.92 Å². The minimum atomic E-state index is -4.79. The van der Waals surface area contributed by atoms with Gasteiger partial charge in [0.15, 0.2) is 0 Å². The van der Waals surface area contributed by atoms with Crippen molar-refractivity contribution in [2.45, 2.75) is 24.4 Å². The largest absolute Gasteiger partial charge is 0.426 e. The lowest BCUT2D eigenvalue weighted by molar-refractivity contribution is -0.138. The molecule has 0 aromatic heterocycles. The molecule has 0 bridgehead atoms. The number of halogens is 4. The molecule has 0 aliphatic heterocycles. The highest BCUT2D eigenvalue weighted by Crippen LogP contribution is 2.39. The summed E-state index contributed by atoms with van der Waals surface area (Å²) in [6.45, 7) is 1.94. The Hall–Kier alpha value is -2.26. The molecule has 0 spiro atoms. The fourth-order valence-electron chi connectivity index (χ4n) is 2.75. The molecule has 0 N–H and O–H groups in total. The van der Waals surface area contributed by atoms with Crippen molar-refractivity contribution in [2.24, 2.45) is 11.8 Å². The van der Waals surface area contributed by atoms with Crippen molar-refractivity contribution >= 4 is 33.3 Å². The van der Waals surface area contributed by atoms with Crippen LogP contribution in [0.15, 0.2) is 47.4 Å². The third-order valence-corrected chi connectivity index (χ3v) is 6.84. The van der Waals surface area contributed by atoms with Crippen molar-refractivity contribution in [1.82, 2.24) is 0 Å². The number of anilines is 1. The summed E-state index contributed by atoms with van der Waals surface area (Å²) in [6.07, 6.45) is -4.01. The number of benzene rings is 2. The van der Waals surface area contributed by atoms with Crippen molar-refractivity contribution in [3.63, 3.8) is 0 Å². The van der Waals surface area contributed by atoms with Crippen molar-refractivity contribution < 1.29 is 31.1 Å². The van der Waals surface area contributed by atoms with Crippen LogP contribution in [-0.2, 0) is 21.0 Å². The fraction of sp³-hybridized carbons (Fsp3) is 0.316. The summed E-state index contributed by atoms with van der Waals surface area (Å²) in [5.41, 5.74) is -1.04. The Morgan fingerprint density at radius 1 is 1.17 bits per heavy atom. The van der Waals surface area contributed by atoms with E-state index < -0.39 is 31.7 Å². The molecule has 1 aliphatic rings.